The third-order valence-electron chi connectivity index (χ3n) is 2.62. The summed E-state index contributed by atoms with van der Waals surface area (Å²) >= 11 is 18.0. The Kier molecular flexibility index (Phi) is 5.11. The number of aryl methyl sites for hydroxylation is 1. The number of benzene rings is 1. The zero-order valence-electron chi connectivity index (χ0n) is 9.29. The Hall–Kier alpha value is -0.440. The smallest absolute Gasteiger partial charge is 0.290 e. The van der Waals surface area contributed by atoms with Crippen molar-refractivity contribution in [2.75, 3.05) is 0 Å². The molecule has 2 nitrogen and oxygen atoms in total. The van der Waals surface area contributed by atoms with Crippen LogP contribution in [-0.2, 0) is 11.2 Å². The number of carbonyl (C=O) groups is 1. The lowest BCUT2D eigenvalue weighted by molar-refractivity contribution is -0.122. The molecule has 0 spiro atoms. The highest BCUT2D eigenvalue weighted by molar-refractivity contribution is 6.51. The Morgan fingerprint density at radius 1 is 1.47 bits per heavy atom. The molecule has 1 aliphatic rings. The van der Waals surface area contributed by atoms with E-state index >= 15 is 0 Å². The van der Waals surface area contributed by atoms with Crippen LogP contribution in [-0.4, -0.2) is 15.9 Å². The van der Waals surface area contributed by atoms with Gasteiger partial charge in [0.25, 0.3) is 6.47 Å². The summed E-state index contributed by atoms with van der Waals surface area (Å²) in [5.41, 5.74) is 2.41. The summed E-state index contributed by atoms with van der Waals surface area (Å²) in [4.78, 5) is 8.36. The average Bonchev–Trinajstić information content (AvgIpc) is 2.88. The molecule has 1 saturated carbocycles. The first-order chi connectivity index (χ1) is 7.94. The van der Waals surface area contributed by atoms with Gasteiger partial charge < -0.3 is 5.11 Å². The molecular weight excluding hydrogens is 282 g/mol. The topological polar surface area (TPSA) is 37.3 Å². The van der Waals surface area contributed by atoms with Crippen molar-refractivity contribution in [2.45, 2.75) is 30.0 Å². The lowest BCUT2D eigenvalue weighted by atomic mass is 10.1. The fourth-order valence-electron chi connectivity index (χ4n) is 1.66. The molecule has 1 fully saturated rings. The maximum Gasteiger partial charge on any atom is 0.290 e. The Morgan fingerprint density at radius 3 is 2.41 bits per heavy atom. The van der Waals surface area contributed by atoms with Gasteiger partial charge in [0, 0.05) is 10.9 Å². The van der Waals surface area contributed by atoms with Gasteiger partial charge in [-0.2, -0.15) is 0 Å². The van der Waals surface area contributed by atoms with Gasteiger partial charge in [-0.05, 0) is 36.1 Å². The van der Waals surface area contributed by atoms with Crippen molar-refractivity contribution in [3.63, 3.8) is 0 Å². The molecule has 0 heterocycles. The average molecular weight is 296 g/mol. The molecule has 0 amide bonds. The summed E-state index contributed by atoms with van der Waals surface area (Å²) in [6.07, 6.45) is 1.82. The quantitative estimate of drug-likeness (QED) is 0.653. The van der Waals surface area contributed by atoms with Crippen LogP contribution in [0.5, 0.6) is 0 Å². The normalized spacial score (nSPS) is 20.1. The van der Waals surface area contributed by atoms with E-state index in [1.165, 1.54) is 11.1 Å². The van der Waals surface area contributed by atoms with Gasteiger partial charge >= 0.3 is 0 Å². The maximum absolute atomic E-state index is 8.36. The molecule has 1 aliphatic carbocycles. The minimum Gasteiger partial charge on any atom is -0.483 e. The number of hydrogen-bond donors (Lipinski definition) is 1. The first-order valence-corrected chi connectivity index (χ1v) is 6.33. The van der Waals surface area contributed by atoms with Gasteiger partial charge in [0.2, 0.25) is 0 Å². The molecule has 0 radical (unpaired) electrons. The summed E-state index contributed by atoms with van der Waals surface area (Å²) < 4.78 is -0.560. The van der Waals surface area contributed by atoms with Gasteiger partial charge in [0.05, 0.1) is 0 Å². The van der Waals surface area contributed by atoms with Gasteiger partial charge in [0.15, 0.2) is 0 Å². The molecule has 1 N–H and O–H groups in total. The number of carboxylic acid groups (broad SMARTS) is 1. The van der Waals surface area contributed by atoms with E-state index in [2.05, 4.69) is 13.0 Å². The molecule has 17 heavy (non-hydrogen) atoms. The zero-order valence-corrected chi connectivity index (χ0v) is 11.6. The van der Waals surface area contributed by atoms with Crippen LogP contribution in [0.1, 0.15) is 30.4 Å². The third kappa shape index (κ3) is 4.06. The van der Waals surface area contributed by atoms with Crippen LogP contribution in [0.4, 0.5) is 0 Å². The molecule has 94 valence electrons. The molecule has 0 bridgehead atoms. The molecule has 0 aliphatic heterocycles. The SMILES string of the molecule is CCc1cc(Cl)cc([C@@H]2CC2(Cl)Cl)c1.O=CO. The fourth-order valence-corrected chi connectivity index (χ4v) is 2.48. The van der Waals surface area contributed by atoms with Crippen molar-refractivity contribution < 1.29 is 9.90 Å². The maximum atomic E-state index is 8.36. The van der Waals surface area contributed by atoms with E-state index in [1.54, 1.807) is 0 Å². The molecule has 1 aromatic carbocycles. The summed E-state index contributed by atoms with van der Waals surface area (Å²) in [6.45, 7) is 1.86. The highest BCUT2D eigenvalue weighted by Gasteiger charge is 2.52. The van der Waals surface area contributed by atoms with Crippen molar-refractivity contribution in [3.05, 3.63) is 34.3 Å². The predicted molar refractivity (Wildman–Crippen MR) is 71.3 cm³/mol. The second-order valence-electron chi connectivity index (χ2n) is 3.87. The summed E-state index contributed by atoms with van der Waals surface area (Å²) in [5, 5.41) is 7.66. The van der Waals surface area contributed by atoms with Gasteiger partial charge in [-0.3, -0.25) is 4.79 Å². The monoisotopic (exact) mass is 294 g/mol. The van der Waals surface area contributed by atoms with E-state index in [4.69, 9.17) is 44.7 Å². The first kappa shape index (κ1) is 14.6. The molecule has 1 atom stereocenters. The zero-order chi connectivity index (χ0) is 13.1. The van der Waals surface area contributed by atoms with Crippen molar-refractivity contribution >= 4 is 41.3 Å². The van der Waals surface area contributed by atoms with Gasteiger partial charge in [-0.15, -0.1) is 23.2 Å². The van der Waals surface area contributed by atoms with E-state index in [1.807, 2.05) is 12.1 Å². The van der Waals surface area contributed by atoms with Crippen LogP contribution in [0, 0.1) is 0 Å². The third-order valence-corrected chi connectivity index (χ3v) is 3.67. The van der Waals surface area contributed by atoms with E-state index in [0.717, 1.165) is 17.9 Å². The van der Waals surface area contributed by atoms with Crippen LogP contribution in [0.3, 0.4) is 0 Å². The van der Waals surface area contributed by atoms with Gasteiger partial charge in [-0.1, -0.05) is 24.6 Å². The van der Waals surface area contributed by atoms with Crippen molar-refractivity contribution in [1.82, 2.24) is 0 Å². The standard InChI is InChI=1S/C11H11Cl3.CH2O2/c1-2-7-3-8(5-9(12)4-7)10-6-11(10,13)14;2-1-3/h3-5,10H,2,6H2,1H3;1H,(H,2,3)/t10-;/m0./s1. The van der Waals surface area contributed by atoms with Crippen LogP contribution in [0.2, 0.25) is 5.02 Å². The Bertz CT molecular complexity index is 405. The summed E-state index contributed by atoms with van der Waals surface area (Å²) in [7, 11) is 0. The van der Waals surface area contributed by atoms with Crippen molar-refractivity contribution in [3.8, 4) is 0 Å². The molecule has 2 rings (SSSR count). The number of alkyl halides is 2. The minimum absolute atomic E-state index is 0.250. The Morgan fingerprint density at radius 2 is 2.00 bits per heavy atom. The predicted octanol–water partition coefficient (Wildman–Crippen LogP) is 4.26. The lowest BCUT2D eigenvalue weighted by Gasteiger charge is -2.05. The molecule has 0 unspecified atom stereocenters. The van der Waals surface area contributed by atoms with Crippen LogP contribution >= 0.6 is 34.8 Å². The highest BCUT2D eigenvalue weighted by atomic mass is 35.5. The number of rotatable bonds is 2. The molecule has 5 heteroatoms. The Labute approximate surface area is 115 Å². The van der Waals surface area contributed by atoms with Gasteiger partial charge in [0.1, 0.15) is 4.33 Å². The fraction of sp³-hybridized carbons (Fsp3) is 0.417. The summed E-state index contributed by atoms with van der Waals surface area (Å²) in [6, 6.07) is 6.08. The summed E-state index contributed by atoms with van der Waals surface area (Å²) in [5.74, 6) is 0.259. The van der Waals surface area contributed by atoms with E-state index in [0.29, 0.717) is 0 Å². The van der Waals surface area contributed by atoms with E-state index in [-0.39, 0.29) is 12.4 Å². The lowest BCUT2D eigenvalue weighted by Crippen LogP contribution is -1.91. The van der Waals surface area contributed by atoms with Gasteiger partial charge in [-0.25, -0.2) is 0 Å². The molecular formula is C12H13Cl3O2. The molecule has 1 aromatic rings. The van der Waals surface area contributed by atoms with E-state index in [9.17, 15) is 0 Å². The minimum atomic E-state index is -0.560. The number of hydrogen-bond acceptors (Lipinski definition) is 1. The molecule has 0 saturated heterocycles. The van der Waals surface area contributed by atoms with E-state index < -0.39 is 4.33 Å². The Balaban J connectivity index is 0.000000437. The second-order valence-corrected chi connectivity index (χ2v) is 5.85. The van der Waals surface area contributed by atoms with Crippen LogP contribution in [0.25, 0.3) is 0 Å². The number of halogens is 3. The largest absolute Gasteiger partial charge is 0.483 e. The van der Waals surface area contributed by atoms with Crippen molar-refractivity contribution in [2.24, 2.45) is 0 Å². The molecule has 0 aromatic heterocycles. The van der Waals surface area contributed by atoms with Crippen LogP contribution < -0.4 is 0 Å². The highest BCUT2D eigenvalue weighted by Crippen LogP contribution is 2.59. The van der Waals surface area contributed by atoms with Crippen molar-refractivity contribution in [1.29, 1.82) is 0 Å². The first-order valence-electron chi connectivity index (χ1n) is 5.19. The van der Waals surface area contributed by atoms with Crippen LogP contribution in [0.15, 0.2) is 18.2 Å². The second kappa shape index (κ2) is 5.94.